The molecule has 0 unspecified atom stereocenters. The first-order chi connectivity index (χ1) is 11.6. The van der Waals surface area contributed by atoms with Gasteiger partial charge in [0, 0.05) is 18.2 Å². The van der Waals surface area contributed by atoms with Crippen LogP contribution in [0.15, 0.2) is 47.4 Å². The van der Waals surface area contributed by atoms with Crippen LogP contribution in [0.1, 0.15) is 15.9 Å². The number of rotatable bonds is 7. The van der Waals surface area contributed by atoms with E-state index in [1.165, 1.54) is 17.8 Å². The molecule has 1 N–H and O–H groups in total. The normalized spacial score (nSPS) is 10.2. The standard InChI is InChI=1S/C17H18N2O4S/c1-23-15-6-4-3-5-12(15)9-10-18-17(20)13-7-8-16(24-2)14(11-13)19(21)22/h3-8,11H,9-10H2,1-2H3,(H,18,20). The third kappa shape index (κ3) is 4.26. The molecule has 2 rings (SSSR count). The molecule has 0 aliphatic carbocycles. The Morgan fingerprint density at radius 3 is 2.71 bits per heavy atom. The van der Waals surface area contributed by atoms with Crippen LogP contribution < -0.4 is 10.1 Å². The highest BCUT2D eigenvalue weighted by Crippen LogP contribution is 2.28. The van der Waals surface area contributed by atoms with E-state index in [0.717, 1.165) is 11.3 Å². The summed E-state index contributed by atoms with van der Waals surface area (Å²) in [5, 5.41) is 13.9. The lowest BCUT2D eigenvalue weighted by atomic mass is 10.1. The minimum absolute atomic E-state index is 0.0557. The minimum Gasteiger partial charge on any atom is -0.496 e. The van der Waals surface area contributed by atoms with Crippen molar-refractivity contribution in [2.24, 2.45) is 0 Å². The minimum atomic E-state index is -0.475. The molecule has 0 aromatic heterocycles. The highest BCUT2D eigenvalue weighted by Gasteiger charge is 2.16. The van der Waals surface area contributed by atoms with E-state index in [2.05, 4.69) is 5.32 Å². The van der Waals surface area contributed by atoms with Crippen LogP contribution in [-0.4, -0.2) is 30.7 Å². The molecule has 0 atom stereocenters. The van der Waals surface area contributed by atoms with Crippen molar-refractivity contribution in [1.82, 2.24) is 5.32 Å². The number of carbonyl (C=O) groups is 1. The lowest BCUT2D eigenvalue weighted by Gasteiger charge is -2.09. The zero-order valence-electron chi connectivity index (χ0n) is 13.4. The Balaban J connectivity index is 2.02. The molecule has 6 nitrogen and oxygen atoms in total. The van der Waals surface area contributed by atoms with Gasteiger partial charge in [-0.3, -0.25) is 14.9 Å². The van der Waals surface area contributed by atoms with Gasteiger partial charge in [0.25, 0.3) is 11.6 Å². The van der Waals surface area contributed by atoms with Gasteiger partial charge < -0.3 is 10.1 Å². The lowest BCUT2D eigenvalue weighted by Crippen LogP contribution is -2.25. The molecule has 0 saturated carbocycles. The van der Waals surface area contributed by atoms with Gasteiger partial charge in [0.2, 0.25) is 0 Å². The Kier molecular flexibility index (Phi) is 6.20. The maximum absolute atomic E-state index is 12.2. The van der Waals surface area contributed by atoms with E-state index < -0.39 is 4.92 Å². The zero-order valence-corrected chi connectivity index (χ0v) is 14.3. The number of nitrogens with zero attached hydrogens (tertiary/aromatic N) is 1. The van der Waals surface area contributed by atoms with Gasteiger partial charge in [-0.05, 0) is 36.4 Å². The van der Waals surface area contributed by atoms with Gasteiger partial charge >= 0.3 is 0 Å². The van der Waals surface area contributed by atoms with Crippen LogP contribution in [0.3, 0.4) is 0 Å². The van der Waals surface area contributed by atoms with Crippen molar-refractivity contribution >= 4 is 23.4 Å². The number of nitrogens with one attached hydrogen (secondary N) is 1. The second kappa shape index (κ2) is 8.35. The summed E-state index contributed by atoms with van der Waals surface area (Å²) >= 11 is 1.28. The van der Waals surface area contributed by atoms with Crippen molar-refractivity contribution in [1.29, 1.82) is 0 Å². The molecule has 0 aliphatic rings. The molecule has 7 heteroatoms. The fourth-order valence-corrected chi connectivity index (χ4v) is 2.84. The first-order valence-corrected chi connectivity index (χ1v) is 8.51. The quantitative estimate of drug-likeness (QED) is 0.472. The van der Waals surface area contributed by atoms with E-state index in [1.807, 2.05) is 24.3 Å². The molecule has 24 heavy (non-hydrogen) atoms. The second-order valence-corrected chi connectivity index (χ2v) is 5.81. The topological polar surface area (TPSA) is 81.5 Å². The van der Waals surface area contributed by atoms with E-state index in [0.29, 0.717) is 17.9 Å². The van der Waals surface area contributed by atoms with E-state index in [1.54, 1.807) is 25.5 Å². The van der Waals surface area contributed by atoms with Crippen molar-refractivity contribution in [3.63, 3.8) is 0 Å². The fourth-order valence-electron chi connectivity index (χ4n) is 2.30. The molecule has 1 amide bonds. The summed E-state index contributed by atoms with van der Waals surface area (Å²) < 4.78 is 5.27. The van der Waals surface area contributed by atoms with Crippen molar-refractivity contribution in [2.45, 2.75) is 11.3 Å². The summed E-state index contributed by atoms with van der Waals surface area (Å²) in [4.78, 5) is 23.3. The third-order valence-electron chi connectivity index (χ3n) is 3.51. The molecule has 0 aliphatic heterocycles. The average molecular weight is 346 g/mol. The molecule has 0 heterocycles. The van der Waals surface area contributed by atoms with E-state index in [9.17, 15) is 14.9 Å². The van der Waals surface area contributed by atoms with Crippen LogP contribution in [-0.2, 0) is 6.42 Å². The predicted octanol–water partition coefficient (Wildman–Crippen LogP) is 3.30. The summed E-state index contributed by atoms with van der Waals surface area (Å²) in [7, 11) is 1.60. The van der Waals surface area contributed by atoms with Crippen molar-refractivity contribution in [2.75, 3.05) is 19.9 Å². The van der Waals surface area contributed by atoms with Crippen LogP contribution >= 0.6 is 11.8 Å². The maximum atomic E-state index is 12.2. The Hall–Kier alpha value is -2.54. The SMILES string of the molecule is COc1ccccc1CCNC(=O)c1ccc(SC)c([N+](=O)[O-])c1. The molecular weight excluding hydrogens is 328 g/mol. The number of carbonyl (C=O) groups excluding carboxylic acids is 1. The van der Waals surface area contributed by atoms with Crippen LogP contribution in [0, 0.1) is 10.1 Å². The Morgan fingerprint density at radius 1 is 1.29 bits per heavy atom. The van der Waals surface area contributed by atoms with Crippen LogP contribution in [0.2, 0.25) is 0 Å². The van der Waals surface area contributed by atoms with Gasteiger partial charge in [-0.25, -0.2) is 0 Å². The third-order valence-corrected chi connectivity index (χ3v) is 4.30. The summed E-state index contributed by atoms with van der Waals surface area (Å²) in [6.07, 6.45) is 2.37. The van der Waals surface area contributed by atoms with E-state index in [-0.39, 0.29) is 17.2 Å². The molecule has 2 aromatic rings. The first-order valence-electron chi connectivity index (χ1n) is 7.29. The molecule has 0 fully saturated rings. The number of nitro benzene ring substituents is 1. The van der Waals surface area contributed by atoms with Gasteiger partial charge in [-0.1, -0.05) is 18.2 Å². The number of hydrogen-bond acceptors (Lipinski definition) is 5. The fraction of sp³-hybridized carbons (Fsp3) is 0.235. The number of ether oxygens (including phenoxy) is 1. The number of nitro groups is 1. The monoisotopic (exact) mass is 346 g/mol. The van der Waals surface area contributed by atoms with Crippen LogP contribution in [0.4, 0.5) is 5.69 Å². The number of amides is 1. The van der Waals surface area contributed by atoms with Crippen LogP contribution in [0.5, 0.6) is 5.75 Å². The van der Waals surface area contributed by atoms with Gasteiger partial charge in [-0.2, -0.15) is 0 Å². The van der Waals surface area contributed by atoms with E-state index >= 15 is 0 Å². The Morgan fingerprint density at radius 2 is 2.04 bits per heavy atom. The predicted molar refractivity (Wildman–Crippen MR) is 93.9 cm³/mol. The Bertz CT molecular complexity index is 749. The van der Waals surface area contributed by atoms with Crippen LogP contribution in [0.25, 0.3) is 0 Å². The molecule has 0 saturated heterocycles. The first kappa shape index (κ1) is 17.8. The zero-order chi connectivity index (χ0) is 17.5. The molecule has 2 aromatic carbocycles. The average Bonchev–Trinajstić information content (AvgIpc) is 2.61. The van der Waals surface area contributed by atoms with Crippen molar-refractivity contribution in [3.05, 3.63) is 63.7 Å². The maximum Gasteiger partial charge on any atom is 0.283 e. The largest absolute Gasteiger partial charge is 0.496 e. The highest BCUT2D eigenvalue weighted by atomic mass is 32.2. The van der Waals surface area contributed by atoms with Crippen molar-refractivity contribution < 1.29 is 14.5 Å². The lowest BCUT2D eigenvalue weighted by molar-refractivity contribution is -0.387. The summed E-state index contributed by atoms with van der Waals surface area (Å²) in [6, 6.07) is 12.1. The van der Waals surface area contributed by atoms with Gasteiger partial charge in [0.05, 0.1) is 16.9 Å². The number of hydrogen-bond donors (Lipinski definition) is 1. The molecule has 0 radical (unpaired) electrons. The molecular formula is C17H18N2O4S. The Labute approximate surface area is 144 Å². The second-order valence-electron chi connectivity index (χ2n) is 4.96. The summed E-state index contributed by atoms with van der Waals surface area (Å²) in [5.74, 6) is 0.437. The van der Waals surface area contributed by atoms with Gasteiger partial charge in [0.15, 0.2) is 0 Å². The van der Waals surface area contributed by atoms with E-state index in [4.69, 9.17) is 4.74 Å². The summed E-state index contributed by atoms with van der Waals surface area (Å²) in [6.45, 7) is 0.414. The molecule has 126 valence electrons. The van der Waals surface area contributed by atoms with Crippen molar-refractivity contribution in [3.8, 4) is 5.75 Å². The number of thioether (sulfide) groups is 1. The smallest absolute Gasteiger partial charge is 0.283 e. The number of para-hydroxylation sites is 1. The molecule has 0 bridgehead atoms. The molecule has 0 spiro atoms. The number of methoxy groups -OCH3 is 1. The highest BCUT2D eigenvalue weighted by molar-refractivity contribution is 7.98. The summed E-state index contributed by atoms with van der Waals surface area (Å²) in [5.41, 5.74) is 1.21. The van der Waals surface area contributed by atoms with Gasteiger partial charge in [0.1, 0.15) is 5.75 Å². The number of benzene rings is 2. The van der Waals surface area contributed by atoms with Gasteiger partial charge in [-0.15, -0.1) is 11.8 Å².